The van der Waals surface area contributed by atoms with Crippen molar-refractivity contribution in [3.8, 4) is 11.4 Å². The third-order valence-electron chi connectivity index (χ3n) is 7.35. The Morgan fingerprint density at radius 1 is 1.11 bits per heavy atom. The zero-order valence-corrected chi connectivity index (χ0v) is 21.1. The number of hydrogen-bond donors (Lipinski definition) is 2. The molecule has 0 aromatic carbocycles. The van der Waals surface area contributed by atoms with Crippen LogP contribution in [0.1, 0.15) is 37.4 Å². The number of rotatable bonds is 6. The molecule has 5 rings (SSSR count). The van der Waals surface area contributed by atoms with Crippen LogP contribution in [0.25, 0.3) is 22.4 Å². The van der Waals surface area contributed by atoms with Crippen molar-refractivity contribution in [3.05, 3.63) is 41.6 Å². The molecule has 3 aromatic rings. The lowest BCUT2D eigenvalue weighted by Gasteiger charge is -2.39. The molecular weight excluding hydrogens is 466 g/mol. The van der Waals surface area contributed by atoms with Crippen LogP contribution in [0.4, 0.5) is 5.82 Å². The van der Waals surface area contributed by atoms with Gasteiger partial charge in [0.25, 0.3) is 0 Å². The summed E-state index contributed by atoms with van der Waals surface area (Å²) in [5.74, 6) is 0.765. The SMILES string of the molecule is CC[C@H]1COCCN1c1cc(C2(S(C)(=O)=O)CCOCC2)cc(-c2ccc3[nH]c(CN)cc3n2)n1. The number of nitrogens with two attached hydrogens (primary N) is 1. The Bertz CT molecular complexity index is 1320. The zero-order chi connectivity index (χ0) is 24.6. The van der Waals surface area contributed by atoms with E-state index in [1.165, 1.54) is 6.26 Å². The first kappa shape index (κ1) is 24.2. The summed E-state index contributed by atoms with van der Waals surface area (Å²) in [6.07, 6.45) is 3.07. The van der Waals surface area contributed by atoms with Crippen molar-refractivity contribution in [1.82, 2.24) is 15.0 Å². The minimum absolute atomic E-state index is 0.176. The van der Waals surface area contributed by atoms with Gasteiger partial charge in [-0.05, 0) is 55.2 Å². The molecule has 3 N–H and O–H groups in total. The van der Waals surface area contributed by atoms with E-state index < -0.39 is 14.6 Å². The Hall–Kier alpha value is -2.53. The summed E-state index contributed by atoms with van der Waals surface area (Å²) < 4.78 is 36.7. The number of sulfone groups is 1. The van der Waals surface area contributed by atoms with E-state index in [-0.39, 0.29) is 6.04 Å². The average molecular weight is 500 g/mol. The van der Waals surface area contributed by atoms with Crippen LogP contribution in [0.2, 0.25) is 0 Å². The number of ether oxygens (including phenoxy) is 2. The van der Waals surface area contributed by atoms with Crippen LogP contribution in [0.5, 0.6) is 0 Å². The Balaban J connectivity index is 1.69. The average Bonchev–Trinajstić information content (AvgIpc) is 3.31. The lowest BCUT2D eigenvalue weighted by atomic mass is 9.90. The van der Waals surface area contributed by atoms with E-state index in [1.54, 1.807) is 0 Å². The first-order valence-corrected chi connectivity index (χ1v) is 14.1. The predicted molar refractivity (Wildman–Crippen MR) is 136 cm³/mol. The molecule has 5 heterocycles. The van der Waals surface area contributed by atoms with E-state index in [0.29, 0.717) is 63.7 Å². The third-order valence-corrected chi connectivity index (χ3v) is 9.42. The summed E-state index contributed by atoms with van der Waals surface area (Å²) in [5, 5.41) is 0. The highest BCUT2D eigenvalue weighted by Crippen LogP contribution is 2.42. The molecule has 2 fully saturated rings. The van der Waals surface area contributed by atoms with Gasteiger partial charge in [-0.1, -0.05) is 6.92 Å². The molecule has 3 aromatic heterocycles. The summed E-state index contributed by atoms with van der Waals surface area (Å²) in [6, 6.07) is 9.87. The number of pyridine rings is 2. The van der Waals surface area contributed by atoms with Gasteiger partial charge >= 0.3 is 0 Å². The Kier molecular flexibility index (Phi) is 6.56. The third kappa shape index (κ3) is 4.44. The molecule has 0 unspecified atom stereocenters. The summed E-state index contributed by atoms with van der Waals surface area (Å²) in [6.45, 7) is 5.28. The van der Waals surface area contributed by atoms with Crippen LogP contribution < -0.4 is 10.6 Å². The zero-order valence-electron chi connectivity index (χ0n) is 20.3. The van der Waals surface area contributed by atoms with Gasteiger partial charge in [-0.25, -0.2) is 18.4 Å². The van der Waals surface area contributed by atoms with E-state index in [9.17, 15) is 8.42 Å². The lowest BCUT2D eigenvalue weighted by molar-refractivity contribution is 0.0741. The van der Waals surface area contributed by atoms with Crippen LogP contribution in [0.3, 0.4) is 0 Å². The van der Waals surface area contributed by atoms with E-state index in [1.807, 2.05) is 30.3 Å². The smallest absolute Gasteiger partial charge is 0.157 e. The molecule has 0 amide bonds. The molecule has 188 valence electrons. The van der Waals surface area contributed by atoms with Gasteiger partial charge in [0.1, 0.15) is 10.6 Å². The monoisotopic (exact) mass is 499 g/mol. The number of H-pyrrole nitrogens is 1. The number of nitrogens with zero attached hydrogens (tertiary/aromatic N) is 3. The maximum absolute atomic E-state index is 13.2. The summed E-state index contributed by atoms with van der Waals surface area (Å²) in [7, 11) is -3.43. The number of fused-ring (bicyclic) bond motifs is 1. The molecule has 2 aliphatic rings. The number of nitrogens with one attached hydrogen (secondary N) is 1. The molecule has 1 atom stereocenters. The second-order valence-electron chi connectivity index (χ2n) is 9.44. The highest BCUT2D eigenvalue weighted by molar-refractivity contribution is 7.91. The first-order valence-electron chi connectivity index (χ1n) is 12.2. The number of aromatic nitrogens is 3. The van der Waals surface area contributed by atoms with Crippen molar-refractivity contribution >= 4 is 26.7 Å². The van der Waals surface area contributed by atoms with Gasteiger partial charge in [0.15, 0.2) is 9.84 Å². The minimum atomic E-state index is -3.43. The fourth-order valence-corrected chi connectivity index (χ4v) is 6.70. The van der Waals surface area contributed by atoms with E-state index in [0.717, 1.165) is 34.5 Å². The van der Waals surface area contributed by atoms with Crippen molar-refractivity contribution in [2.75, 3.05) is 44.1 Å². The highest BCUT2D eigenvalue weighted by atomic mass is 32.2. The quantitative estimate of drug-likeness (QED) is 0.531. The van der Waals surface area contributed by atoms with Gasteiger partial charge in [0, 0.05) is 38.3 Å². The van der Waals surface area contributed by atoms with Gasteiger partial charge in [0.05, 0.1) is 41.7 Å². The number of anilines is 1. The van der Waals surface area contributed by atoms with Crippen LogP contribution in [-0.2, 0) is 30.6 Å². The molecule has 0 aliphatic carbocycles. The van der Waals surface area contributed by atoms with Gasteiger partial charge in [-0.15, -0.1) is 0 Å². The second-order valence-corrected chi connectivity index (χ2v) is 11.8. The number of morpholine rings is 1. The summed E-state index contributed by atoms with van der Waals surface area (Å²) >= 11 is 0. The molecular formula is C25H33N5O4S. The molecule has 10 heteroatoms. The van der Waals surface area contributed by atoms with E-state index >= 15 is 0 Å². The van der Waals surface area contributed by atoms with Crippen molar-refractivity contribution in [3.63, 3.8) is 0 Å². The molecule has 0 saturated carbocycles. The van der Waals surface area contributed by atoms with Gasteiger partial charge in [-0.3, -0.25) is 0 Å². The Labute approximate surface area is 206 Å². The number of aromatic amines is 1. The fraction of sp³-hybridized carbons (Fsp3) is 0.520. The predicted octanol–water partition coefficient (Wildman–Crippen LogP) is 2.75. The summed E-state index contributed by atoms with van der Waals surface area (Å²) in [4.78, 5) is 15.4. The van der Waals surface area contributed by atoms with Crippen LogP contribution in [0.15, 0.2) is 30.3 Å². The second kappa shape index (κ2) is 9.50. The van der Waals surface area contributed by atoms with Gasteiger partial charge in [0.2, 0.25) is 0 Å². The molecule has 35 heavy (non-hydrogen) atoms. The van der Waals surface area contributed by atoms with E-state index in [2.05, 4.69) is 16.8 Å². The first-order chi connectivity index (χ1) is 16.8. The molecule has 2 saturated heterocycles. The maximum Gasteiger partial charge on any atom is 0.157 e. The molecule has 0 bridgehead atoms. The topological polar surface area (TPSA) is 123 Å². The van der Waals surface area contributed by atoms with Crippen molar-refractivity contribution < 1.29 is 17.9 Å². The Morgan fingerprint density at radius 3 is 2.63 bits per heavy atom. The largest absolute Gasteiger partial charge is 0.381 e. The fourth-order valence-electron chi connectivity index (χ4n) is 5.24. The highest BCUT2D eigenvalue weighted by Gasteiger charge is 2.44. The molecule has 0 radical (unpaired) electrons. The molecule has 2 aliphatic heterocycles. The lowest BCUT2D eigenvalue weighted by Crippen LogP contribution is -2.46. The summed E-state index contributed by atoms with van der Waals surface area (Å²) in [5.41, 5.74) is 10.5. The van der Waals surface area contributed by atoms with Crippen molar-refractivity contribution in [1.29, 1.82) is 0 Å². The minimum Gasteiger partial charge on any atom is -0.381 e. The van der Waals surface area contributed by atoms with E-state index in [4.69, 9.17) is 25.2 Å². The van der Waals surface area contributed by atoms with Crippen molar-refractivity contribution in [2.24, 2.45) is 5.73 Å². The van der Waals surface area contributed by atoms with Crippen LogP contribution in [0, 0.1) is 0 Å². The number of hydrogen-bond acceptors (Lipinski definition) is 8. The van der Waals surface area contributed by atoms with Crippen molar-refractivity contribution in [2.45, 2.75) is 43.5 Å². The van der Waals surface area contributed by atoms with Gasteiger partial charge in [-0.2, -0.15) is 0 Å². The van der Waals surface area contributed by atoms with Crippen LogP contribution in [-0.4, -0.2) is 68.6 Å². The van der Waals surface area contributed by atoms with Crippen LogP contribution >= 0.6 is 0 Å². The van der Waals surface area contributed by atoms with Gasteiger partial charge < -0.3 is 25.1 Å². The molecule has 9 nitrogen and oxygen atoms in total. The normalized spacial score (nSPS) is 20.9. The Morgan fingerprint density at radius 2 is 1.91 bits per heavy atom. The molecule has 0 spiro atoms. The standard InChI is InChI=1S/C25H33N5O4S/c1-3-19-16-34-11-8-30(19)24-13-17(25(35(2,31)32)6-9-33-10-7-25)12-22(29-24)21-5-4-20-23(28-21)14-18(15-26)27-20/h4-5,12-14,19,27H,3,6-11,15-16,26H2,1-2H3/t19-/m0/s1. The maximum atomic E-state index is 13.2.